The highest BCUT2D eigenvalue weighted by Gasteiger charge is 2.26. The van der Waals surface area contributed by atoms with Crippen LogP contribution in [0, 0.1) is 0 Å². The average Bonchev–Trinajstić information content (AvgIpc) is 2.31. The molecule has 0 radical (unpaired) electrons. The molecule has 0 saturated heterocycles. The lowest BCUT2D eigenvalue weighted by molar-refractivity contribution is 0.168. The molecule has 1 rings (SSSR count). The largest absolute Gasteiger partial charge is 0.483 e. The van der Waals surface area contributed by atoms with Gasteiger partial charge in [0, 0.05) is 0 Å². The van der Waals surface area contributed by atoms with Gasteiger partial charge in [-0.25, -0.2) is 0 Å². The van der Waals surface area contributed by atoms with Gasteiger partial charge >= 0.3 is 0 Å². The fraction of sp³-hybridized carbons (Fsp3) is 0.667. The van der Waals surface area contributed by atoms with Gasteiger partial charge in [-0.15, -0.1) is 0 Å². The highest BCUT2D eigenvalue weighted by atomic mass is 16.5. The van der Waals surface area contributed by atoms with E-state index in [4.69, 9.17) is 9.47 Å². The number of hydrogen-bond acceptors (Lipinski definition) is 4. The second kappa shape index (κ2) is 5.14. The summed E-state index contributed by atoms with van der Waals surface area (Å²) >= 11 is 0. The van der Waals surface area contributed by atoms with E-state index >= 15 is 0 Å². The SMILES string of the molecule is CC[C@H](C)Oc1c(O[C@@H](C)CC)c(=O)c1=O. The molecule has 90 valence electrons. The monoisotopic (exact) mass is 226 g/mol. The molecule has 0 fully saturated rings. The van der Waals surface area contributed by atoms with Gasteiger partial charge in [0.1, 0.15) is 0 Å². The minimum absolute atomic E-state index is 0.0809. The maximum atomic E-state index is 11.3. The van der Waals surface area contributed by atoms with Gasteiger partial charge in [-0.3, -0.25) is 9.59 Å². The normalized spacial score (nSPS) is 14.8. The van der Waals surface area contributed by atoms with E-state index in [2.05, 4.69) is 0 Å². The summed E-state index contributed by atoms with van der Waals surface area (Å²) < 4.78 is 10.7. The van der Waals surface area contributed by atoms with Crippen LogP contribution in [0.1, 0.15) is 40.5 Å². The van der Waals surface area contributed by atoms with Crippen LogP contribution in [0.2, 0.25) is 0 Å². The van der Waals surface area contributed by atoms with Gasteiger partial charge in [0.2, 0.25) is 11.5 Å². The first kappa shape index (κ1) is 12.7. The van der Waals surface area contributed by atoms with Gasteiger partial charge < -0.3 is 9.47 Å². The van der Waals surface area contributed by atoms with E-state index < -0.39 is 10.9 Å². The van der Waals surface area contributed by atoms with Crippen LogP contribution in [-0.2, 0) is 0 Å². The first-order valence-corrected chi connectivity index (χ1v) is 5.67. The predicted molar refractivity (Wildman–Crippen MR) is 62.1 cm³/mol. The Bertz CT molecular complexity index is 375. The Morgan fingerprint density at radius 3 is 1.44 bits per heavy atom. The number of hydrogen-bond donors (Lipinski definition) is 0. The van der Waals surface area contributed by atoms with E-state index in [1.165, 1.54) is 0 Å². The highest BCUT2D eigenvalue weighted by Crippen LogP contribution is 2.23. The molecule has 4 heteroatoms. The molecule has 1 aromatic rings. The zero-order valence-electron chi connectivity index (χ0n) is 10.2. The summed E-state index contributed by atoms with van der Waals surface area (Å²) in [5, 5.41) is 0. The molecule has 0 N–H and O–H groups in total. The summed E-state index contributed by atoms with van der Waals surface area (Å²) in [6, 6.07) is 0. The Balaban J connectivity index is 2.82. The molecule has 2 atom stereocenters. The van der Waals surface area contributed by atoms with Gasteiger partial charge in [0.15, 0.2) is 0 Å². The second-order valence-electron chi connectivity index (χ2n) is 3.99. The van der Waals surface area contributed by atoms with E-state index in [1.807, 2.05) is 27.7 Å². The maximum Gasteiger partial charge on any atom is 0.275 e. The van der Waals surface area contributed by atoms with Crippen LogP contribution in [0.3, 0.4) is 0 Å². The van der Waals surface area contributed by atoms with Crippen molar-refractivity contribution in [2.45, 2.75) is 52.7 Å². The fourth-order valence-electron chi connectivity index (χ4n) is 1.13. The molecule has 0 amide bonds. The van der Waals surface area contributed by atoms with Crippen molar-refractivity contribution in [1.29, 1.82) is 0 Å². The van der Waals surface area contributed by atoms with E-state index in [9.17, 15) is 9.59 Å². The van der Waals surface area contributed by atoms with Gasteiger partial charge in [0.25, 0.3) is 10.9 Å². The Labute approximate surface area is 94.9 Å². The predicted octanol–water partition coefficient (Wildman–Crippen LogP) is 1.64. The smallest absolute Gasteiger partial charge is 0.275 e. The van der Waals surface area contributed by atoms with Crippen molar-refractivity contribution >= 4 is 0 Å². The highest BCUT2D eigenvalue weighted by molar-refractivity contribution is 5.46. The summed E-state index contributed by atoms with van der Waals surface area (Å²) in [5.41, 5.74) is -1.14. The van der Waals surface area contributed by atoms with Crippen LogP contribution >= 0.6 is 0 Å². The van der Waals surface area contributed by atoms with Crippen LogP contribution < -0.4 is 20.3 Å². The summed E-state index contributed by atoms with van der Waals surface area (Å²) in [7, 11) is 0. The third-order valence-electron chi connectivity index (χ3n) is 2.61. The zero-order valence-corrected chi connectivity index (χ0v) is 10.2. The maximum absolute atomic E-state index is 11.3. The molecule has 0 aliphatic rings. The topological polar surface area (TPSA) is 52.6 Å². The molecule has 0 aliphatic carbocycles. The first-order chi connectivity index (χ1) is 7.51. The third-order valence-corrected chi connectivity index (χ3v) is 2.61. The summed E-state index contributed by atoms with van der Waals surface area (Å²) in [5.74, 6) is 0.194. The molecule has 0 spiro atoms. The fourth-order valence-corrected chi connectivity index (χ4v) is 1.13. The molecule has 0 aliphatic heterocycles. The van der Waals surface area contributed by atoms with Crippen LogP contribution in [0.25, 0.3) is 0 Å². The van der Waals surface area contributed by atoms with E-state index in [0.29, 0.717) is 0 Å². The molecule has 0 saturated carbocycles. The molecule has 0 aromatic heterocycles. The number of rotatable bonds is 6. The molecule has 0 unspecified atom stereocenters. The van der Waals surface area contributed by atoms with Crippen LogP contribution in [0.5, 0.6) is 11.5 Å². The van der Waals surface area contributed by atoms with Gasteiger partial charge in [-0.2, -0.15) is 0 Å². The molecular formula is C12H18O4. The van der Waals surface area contributed by atoms with E-state index in [-0.39, 0.29) is 23.7 Å². The standard InChI is InChI=1S/C12H18O4/c1-5-7(3)15-11-9(13)10(14)12(11)16-8(4)6-2/h7-8H,5-6H2,1-4H3/t7-,8-/m0/s1. The first-order valence-electron chi connectivity index (χ1n) is 5.67. The lowest BCUT2D eigenvalue weighted by Gasteiger charge is -2.19. The molecule has 4 nitrogen and oxygen atoms in total. The molecule has 1 aromatic carbocycles. The van der Waals surface area contributed by atoms with E-state index in [0.717, 1.165) is 12.8 Å². The van der Waals surface area contributed by atoms with Gasteiger partial charge in [-0.05, 0) is 26.7 Å². The minimum Gasteiger partial charge on any atom is -0.483 e. The van der Waals surface area contributed by atoms with Crippen molar-refractivity contribution in [2.24, 2.45) is 0 Å². The summed E-state index contributed by atoms with van der Waals surface area (Å²) in [6.07, 6.45) is 1.40. The van der Waals surface area contributed by atoms with Crippen molar-refractivity contribution in [2.75, 3.05) is 0 Å². The van der Waals surface area contributed by atoms with Crippen molar-refractivity contribution in [3.8, 4) is 11.5 Å². The average molecular weight is 226 g/mol. The molecular weight excluding hydrogens is 208 g/mol. The zero-order chi connectivity index (χ0) is 12.3. The second-order valence-corrected chi connectivity index (χ2v) is 3.99. The van der Waals surface area contributed by atoms with Gasteiger partial charge in [0.05, 0.1) is 12.2 Å². The Morgan fingerprint density at radius 1 is 0.875 bits per heavy atom. The van der Waals surface area contributed by atoms with Crippen molar-refractivity contribution < 1.29 is 9.47 Å². The van der Waals surface area contributed by atoms with Crippen LogP contribution in [0.15, 0.2) is 9.59 Å². The quantitative estimate of drug-likeness (QED) is 0.692. The molecule has 0 bridgehead atoms. The van der Waals surface area contributed by atoms with E-state index in [1.54, 1.807) is 0 Å². The summed E-state index contributed by atoms with van der Waals surface area (Å²) in [4.78, 5) is 22.6. The van der Waals surface area contributed by atoms with Gasteiger partial charge in [-0.1, -0.05) is 13.8 Å². The summed E-state index contributed by atoms with van der Waals surface area (Å²) in [6.45, 7) is 7.60. The van der Waals surface area contributed by atoms with Crippen LogP contribution in [-0.4, -0.2) is 12.2 Å². The number of ether oxygens (including phenoxy) is 2. The Kier molecular flexibility index (Phi) is 4.10. The van der Waals surface area contributed by atoms with Crippen LogP contribution in [0.4, 0.5) is 0 Å². The Hall–Kier alpha value is -1.32. The minimum atomic E-state index is -0.571. The van der Waals surface area contributed by atoms with Crippen molar-refractivity contribution in [3.05, 3.63) is 20.4 Å². The Morgan fingerprint density at radius 2 is 1.19 bits per heavy atom. The lowest BCUT2D eigenvalue weighted by atomic mass is 10.2. The molecule has 0 heterocycles. The lowest BCUT2D eigenvalue weighted by Crippen LogP contribution is -2.37. The van der Waals surface area contributed by atoms with Crippen molar-refractivity contribution in [3.63, 3.8) is 0 Å². The van der Waals surface area contributed by atoms with Crippen molar-refractivity contribution in [1.82, 2.24) is 0 Å². The third kappa shape index (κ3) is 2.43. The molecule has 16 heavy (non-hydrogen) atoms.